The highest BCUT2D eigenvalue weighted by atomic mass is 32.2. The molecule has 1 aliphatic heterocycles. The van der Waals surface area contributed by atoms with Gasteiger partial charge in [0, 0.05) is 31.1 Å². The lowest BCUT2D eigenvalue weighted by Crippen LogP contribution is -2.36. The van der Waals surface area contributed by atoms with Crippen LogP contribution in [-0.4, -0.2) is 29.8 Å². The van der Waals surface area contributed by atoms with Crippen LogP contribution in [0.2, 0.25) is 0 Å². The third-order valence-corrected chi connectivity index (χ3v) is 4.62. The van der Waals surface area contributed by atoms with Gasteiger partial charge in [-0.15, -0.1) is 0 Å². The summed E-state index contributed by atoms with van der Waals surface area (Å²) < 4.78 is 2.95. The van der Waals surface area contributed by atoms with Crippen molar-refractivity contribution in [2.75, 3.05) is 5.75 Å². The van der Waals surface area contributed by atoms with Gasteiger partial charge in [-0.2, -0.15) is 0 Å². The van der Waals surface area contributed by atoms with Crippen LogP contribution in [0.1, 0.15) is 24.0 Å². The van der Waals surface area contributed by atoms with E-state index in [9.17, 15) is 14.4 Å². The standard InChI is InChI=1S/C16H20N2O3S/c1-11-2-4-12(5-3-11)8-17-15(21)7-6-14(20)16-13(9-19)10-22-18-16/h2-5,9,13,16,18H,6-8,10H2,1H3,(H,17,21)/t13-,16?/m1/s1. The Morgan fingerprint density at radius 1 is 1.32 bits per heavy atom. The molecule has 6 heteroatoms. The smallest absolute Gasteiger partial charge is 0.220 e. The Morgan fingerprint density at radius 3 is 2.73 bits per heavy atom. The molecule has 1 saturated heterocycles. The highest BCUT2D eigenvalue weighted by Crippen LogP contribution is 2.20. The molecule has 1 amide bonds. The molecule has 0 aliphatic carbocycles. The first-order valence-corrected chi connectivity index (χ1v) is 8.26. The monoisotopic (exact) mass is 320 g/mol. The molecule has 0 aromatic heterocycles. The summed E-state index contributed by atoms with van der Waals surface area (Å²) in [5.41, 5.74) is 2.20. The number of aldehydes is 1. The van der Waals surface area contributed by atoms with E-state index in [1.54, 1.807) is 0 Å². The van der Waals surface area contributed by atoms with E-state index in [1.807, 2.05) is 31.2 Å². The first kappa shape index (κ1) is 16.7. The fourth-order valence-corrected chi connectivity index (χ4v) is 3.27. The summed E-state index contributed by atoms with van der Waals surface area (Å²) in [7, 11) is 0. The van der Waals surface area contributed by atoms with Gasteiger partial charge in [0.2, 0.25) is 5.91 Å². The lowest BCUT2D eigenvalue weighted by molar-refractivity contribution is -0.127. The first-order valence-electron chi connectivity index (χ1n) is 7.27. The molecule has 1 aromatic rings. The predicted molar refractivity (Wildman–Crippen MR) is 86.2 cm³/mol. The SMILES string of the molecule is Cc1ccc(CNC(=O)CCC(=O)C2NSC[C@H]2C=O)cc1. The van der Waals surface area contributed by atoms with E-state index in [-0.39, 0.29) is 30.4 Å². The number of rotatable bonds is 7. The third-order valence-electron chi connectivity index (χ3n) is 3.64. The van der Waals surface area contributed by atoms with Crippen LogP contribution < -0.4 is 10.0 Å². The molecule has 2 rings (SSSR count). The van der Waals surface area contributed by atoms with E-state index < -0.39 is 6.04 Å². The summed E-state index contributed by atoms with van der Waals surface area (Å²) in [4.78, 5) is 34.7. The number of hydrogen-bond acceptors (Lipinski definition) is 5. The minimum absolute atomic E-state index is 0.0763. The topological polar surface area (TPSA) is 75.3 Å². The maximum absolute atomic E-state index is 12.0. The second-order valence-electron chi connectivity index (χ2n) is 5.44. The number of Topliss-reactive ketones (excluding diaryl/α,β-unsaturated/α-hetero) is 1. The molecule has 1 aromatic carbocycles. The summed E-state index contributed by atoms with van der Waals surface area (Å²) in [6.07, 6.45) is 1.12. The van der Waals surface area contributed by atoms with Crippen molar-refractivity contribution in [2.24, 2.45) is 5.92 Å². The van der Waals surface area contributed by atoms with Gasteiger partial charge in [-0.05, 0) is 12.5 Å². The summed E-state index contributed by atoms with van der Waals surface area (Å²) in [5.74, 6) is 0.0995. The van der Waals surface area contributed by atoms with E-state index >= 15 is 0 Å². The molecule has 1 aliphatic rings. The van der Waals surface area contributed by atoms with Crippen LogP contribution in [0.25, 0.3) is 0 Å². The lowest BCUT2D eigenvalue weighted by Gasteiger charge is -2.12. The van der Waals surface area contributed by atoms with Gasteiger partial charge in [0.25, 0.3) is 0 Å². The van der Waals surface area contributed by atoms with Gasteiger partial charge in [0.05, 0.1) is 6.04 Å². The average molecular weight is 320 g/mol. The second kappa shape index (κ2) is 8.10. The highest BCUT2D eigenvalue weighted by Gasteiger charge is 2.32. The Kier molecular flexibility index (Phi) is 6.15. The van der Waals surface area contributed by atoms with Crippen LogP contribution >= 0.6 is 11.9 Å². The number of aryl methyl sites for hydroxylation is 1. The molecule has 0 bridgehead atoms. The average Bonchev–Trinajstić information content (AvgIpc) is 3.00. The van der Waals surface area contributed by atoms with Gasteiger partial charge in [0.15, 0.2) is 5.78 Å². The van der Waals surface area contributed by atoms with Crippen molar-refractivity contribution >= 4 is 29.9 Å². The molecule has 0 radical (unpaired) electrons. The van der Waals surface area contributed by atoms with E-state index in [2.05, 4.69) is 10.0 Å². The van der Waals surface area contributed by atoms with Crippen LogP contribution in [0, 0.1) is 12.8 Å². The molecular formula is C16H20N2O3S. The molecule has 0 saturated carbocycles. The van der Waals surface area contributed by atoms with Gasteiger partial charge in [-0.1, -0.05) is 41.8 Å². The molecule has 5 nitrogen and oxygen atoms in total. The number of amides is 1. The fraction of sp³-hybridized carbons (Fsp3) is 0.438. The number of nitrogens with one attached hydrogen (secondary N) is 2. The maximum Gasteiger partial charge on any atom is 0.220 e. The number of carbonyl (C=O) groups is 3. The molecule has 1 heterocycles. The minimum Gasteiger partial charge on any atom is -0.352 e. The van der Waals surface area contributed by atoms with Crippen molar-refractivity contribution in [1.29, 1.82) is 0 Å². The maximum atomic E-state index is 12.0. The van der Waals surface area contributed by atoms with Crippen LogP contribution in [0.15, 0.2) is 24.3 Å². The zero-order valence-electron chi connectivity index (χ0n) is 12.5. The van der Waals surface area contributed by atoms with Gasteiger partial charge in [-0.3, -0.25) is 14.3 Å². The Labute approximate surface area is 134 Å². The summed E-state index contributed by atoms with van der Waals surface area (Å²) in [5, 5.41) is 2.80. The molecule has 1 fully saturated rings. The molecule has 118 valence electrons. The quantitative estimate of drug-likeness (QED) is 0.587. The van der Waals surface area contributed by atoms with Crippen molar-refractivity contribution in [2.45, 2.75) is 32.4 Å². The fourth-order valence-electron chi connectivity index (χ4n) is 2.23. The van der Waals surface area contributed by atoms with Gasteiger partial charge in [-0.25, -0.2) is 0 Å². The van der Waals surface area contributed by atoms with Gasteiger partial charge < -0.3 is 10.1 Å². The number of hydrogen-bond donors (Lipinski definition) is 2. The summed E-state index contributed by atoms with van der Waals surface area (Å²) >= 11 is 1.38. The molecule has 2 N–H and O–H groups in total. The largest absolute Gasteiger partial charge is 0.352 e. The third kappa shape index (κ3) is 4.68. The molecule has 22 heavy (non-hydrogen) atoms. The highest BCUT2D eigenvalue weighted by molar-refractivity contribution is 7.97. The van der Waals surface area contributed by atoms with E-state index in [0.717, 1.165) is 11.8 Å². The van der Waals surface area contributed by atoms with Crippen molar-refractivity contribution in [3.63, 3.8) is 0 Å². The van der Waals surface area contributed by atoms with Crippen molar-refractivity contribution in [1.82, 2.24) is 10.0 Å². The van der Waals surface area contributed by atoms with E-state index in [0.29, 0.717) is 12.3 Å². The lowest BCUT2D eigenvalue weighted by atomic mass is 9.97. The van der Waals surface area contributed by atoms with Gasteiger partial charge in [0.1, 0.15) is 6.29 Å². The zero-order valence-corrected chi connectivity index (χ0v) is 13.3. The van der Waals surface area contributed by atoms with Crippen LogP contribution in [0.4, 0.5) is 0 Å². The normalized spacial score (nSPS) is 20.6. The number of benzene rings is 1. The first-order chi connectivity index (χ1) is 10.6. The molecule has 2 atom stereocenters. The molecule has 0 spiro atoms. The van der Waals surface area contributed by atoms with E-state index in [4.69, 9.17) is 0 Å². The van der Waals surface area contributed by atoms with Crippen molar-refractivity contribution in [3.05, 3.63) is 35.4 Å². The Morgan fingerprint density at radius 2 is 2.05 bits per heavy atom. The Bertz CT molecular complexity index is 545. The predicted octanol–water partition coefficient (Wildman–Crippen LogP) is 1.40. The second-order valence-corrected chi connectivity index (χ2v) is 6.29. The zero-order chi connectivity index (χ0) is 15.9. The van der Waals surface area contributed by atoms with Crippen molar-refractivity contribution < 1.29 is 14.4 Å². The summed E-state index contributed by atoms with van der Waals surface area (Å²) in [6, 6.07) is 7.47. The van der Waals surface area contributed by atoms with E-state index in [1.165, 1.54) is 17.5 Å². The Balaban J connectivity index is 1.72. The Hall–Kier alpha value is -1.66. The van der Waals surface area contributed by atoms with Crippen LogP contribution in [0.5, 0.6) is 0 Å². The summed E-state index contributed by atoms with van der Waals surface area (Å²) in [6.45, 7) is 2.47. The van der Waals surface area contributed by atoms with Gasteiger partial charge >= 0.3 is 0 Å². The molecule has 1 unspecified atom stereocenters. The minimum atomic E-state index is -0.451. The van der Waals surface area contributed by atoms with Crippen molar-refractivity contribution in [3.8, 4) is 0 Å². The number of ketones is 1. The molecular weight excluding hydrogens is 300 g/mol. The number of carbonyl (C=O) groups excluding carboxylic acids is 3. The van der Waals surface area contributed by atoms with Crippen LogP contribution in [-0.2, 0) is 20.9 Å². The van der Waals surface area contributed by atoms with Crippen LogP contribution in [0.3, 0.4) is 0 Å².